The van der Waals surface area contributed by atoms with E-state index in [9.17, 15) is 21.6 Å². The first-order valence-corrected chi connectivity index (χ1v) is 10.6. The zero-order chi connectivity index (χ0) is 22.1. The molecule has 0 unspecified atom stereocenters. The van der Waals surface area contributed by atoms with Crippen molar-refractivity contribution in [2.24, 2.45) is 0 Å². The fourth-order valence-electron chi connectivity index (χ4n) is 2.90. The number of halogens is 3. The smallest absolute Gasteiger partial charge is 0.310 e. The van der Waals surface area contributed by atoms with E-state index in [-0.39, 0.29) is 5.69 Å². The Morgan fingerprint density at radius 1 is 0.733 bits per heavy atom. The van der Waals surface area contributed by atoms with Crippen LogP contribution in [0.25, 0.3) is 0 Å². The van der Waals surface area contributed by atoms with E-state index in [0.717, 1.165) is 22.5 Å². The molecule has 0 aliphatic rings. The van der Waals surface area contributed by atoms with Gasteiger partial charge in [0, 0.05) is 17.1 Å². The minimum atomic E-state index is -5.52. The number of aryl methyl sites for hydroxylation is 3. The molecule has 0 aromatic heterocycles. The highest BCUT2D eigenvalue weighted by Gasteiger charge is 2.46. The van der Waals surface area contributed by atoms with Crippen LogP contribution in [-0.4, -0.2) is 13.9 Å². The molecule has 0 heterocycles. The van der Waals surface area contributed by atoms with Gasteiger partial charge in [-0.05, 0) is 62.7 Å². The Bertz CT molecular complexity index is 1090. The molecule has 0 atom stereocenters. The zero-order valence-electron chi connectivity index (χ0n) is 16.7. The van der Waals surface area contributed by atoms with E-state index in [0.29, 0.717) is 11.3 Å². The quantitative estimate of drug-likeness (QED) is 0.510. The van der Waals surface area contributed by atoms with Gasteiger partial charge in [0.05, 0.1) is 5.69 Å². The van der Waals surface area contributed by atoms with Crippen molar-refractivity contribution in [2.75, 3.05) is 9.62 Å². The monoisotopic (exact) mass is 434 g/mol. The first kappa shape index (κ1) is 21.7. The number of nitrogens with one attached hydrogen (secondary N) is 1. The summed E-state index contributed by atoms with van der Waals surface area (Å²) in [4.78, 5) is 1.85. The normalized spacial score (nSPS) is 11.9. The number of alkyl halides is 3. The van der Waals surface area contributed by atoms with Gasteiger partial charge in [0.15, 0.2) is 0 Å². The average Bonchev–Trinajstić information content (AvgIpc) is 2.66. The molecule has 0 fully saturated rings. The van der Waals surface area contributed by atoms with Crippen molar-refractivity contribution in [1.29, 1.82) is 0 Å². The van der Waals surface area contributed by atoms with Crippen molar-refractivity contribution in [2.45, 2.75) is 26.3 Å². The lowest BCUT2D eigenvalue weighted by atomic mass is 10.1. The molecule has 3 aromatic rings. The predicted octanol–water partition coefficient (Wildman–Crippen LogP) is 6.34. The third kappa shape index (κ3) is 4.59. The Labute approximate surface area is 174 Å². The Morgan fingerprint density at radius 3 is 1.60 bits per heavy atom. The van der Waals surface area contributed by atoms with Crippen LogP contribution < -0.4 is 9.62 Å². The summed E-state index contributed by atoms with van der Waals surface area (Å²) >= 11 is 0. The molecule has 3 rings (SSSR count). The topological polar surface area (TPSA) is 49.4 Å². The molecule has 158 valence electrons. The molecule has 30 heavy (non-hydrogen) atoms. The highest BCUT2D eigenvalue weighted by molar-refractivity contribution is 7.93. The first-order valence-electron chi connectivity index (χ1n) is 9.11. The molecule has 0 amide bonds. The van der Waals surface area contributed by atoms with Gasteiger partial charge in [-0.1, -0.05) is 41.5 Å². The highest BCUT2D eigenvalue weighted by Crippen LogP contribution is 2.37. The number of benzene rings is 3. The van der Waals surface area contributed by atoms with Gasteiger partial charge in [0.25, 0.3) is 0 Å². The summed E-state index contributed by atoms with van der Waals surface area (Å²) in [5, 5.41) is 0. The summed E-state index contributed by atoms with van der Waals surface area (Å²) in [5.41, 5.74) is -0.934. The van der Waals surface area contributed by atoms with Crippen molar-refractivity contribution in [1.82, 2.24) is 0 Å². The average molecular weight is 434 g/mol. The predicted molar refractivity (Wildman–Crippen MR) is 114 cm³/mol. The van der Waals surface area contributed by atoms with E-state index in [1.54, 1.807) is 23.8 Å². The Kier molecular flexibility index (Phi) is 5.81. The van der Waals surface area contributed by atoms with E-state index in [1.165, 1.54) is 6.07 Å². The Balaban J connectivity index is 2.12. The number of nitrogens with zero attached hydrogens (tertiary/aromatic N) is 1. The minimum Gasteiger partial charge on any atom is -0.310 e. The van der Waals surface area contributed by atoms with Gasteiger partial charge < -0.3 is 4.90 Å². The molecule has 1 N–H and O–H groups in total. The van der Waals surface area contributed by atoms with Crippen molar-refractivity contribution < 1.29 is 21.6 Å². The van der Waals surface area contributed by atoms with E-state index in [1.807, 2.05) is 67.3 Å². The Hall–Kier alpha value is -3.00. The van der Waals surface area contributed by atoms with Crippen LogP contribution in [0.2, 0.25) is 0 Å². The van der Waals surface area contributed by atoms with Crippen LogP contribution in [0.15, 0.2) is 66.7 Å². The molecule has 0 radical (unpaired) electrons. The maximum atomic E-state index is 12.9. The fourth-order valence-corrected chi connectivity index (χ4v) is 3.52. The SMILES string of the molecule is Cc1ccc(N(c2ccc(C)cc2)c2ccc(C)c(NS(=O)(=O)C(F)(F)F)c2)cc1. The standard InChI is InChI=1S/C22H21F3N2O2S/c1-15-4-9-18(10-5-15)27(19-11-6-16(2)7-12-19)20-13-8-17(3)21(14-20)26-30(28,29)22(23,24)25/h4-14,26H,1-3H3. The maximum absolute atomic E-state index is 12.9. The lowest BCUT2D eigenvalue weighted by molar-refractivity contribution is -0.0429. The molecule has 3 aromatic carbocycles. The second-order valence-electron chi connectivity index (χ2n) is 7.06. The summed E-state index contributed by atoms with van der Waals surface area (Å²) in [7, 11) is -5.52. The molecule has 0 saturated heterocycles. The second kappa shape index (κ2) is 8.02. The van der Waals surface area contributed by atoms with Gasteiger partial charge in [-0.15, -0.1) is 0 Å². The number of anilines is 4. The van der Waals surface area contributed by atoms with Crippen molar-refractivity contribution in [3.63, 3.8) is 0 Å². The molecule has 4 nitrogen and oxygen atoms in total. The van der Waals surface area contributed by atoms with Crippen LogP contribution in [0.4, 0.5) is 35.9 Å². The van der Waals surface area contributed by atoms with E-state index in [2.05, 4.69) is 0 Å². The van der Waals surface area contributed by atoms with Crippen LogP contribution >= 0.6 is 0 Å². The van der Waals surface area contributed by atoms with Crippen molar-refractivity contribution in [3.8, 4) is 0 Å². The Morgan fingerprint density at radius 2 is 1.17 bits per heavy atom. The first-order chi connectivity index (χ1) is 14.0. The van der Waals surface area contributed by atoms with Crippen molar-refractivity contribution in [3.05, 3.63) is 83.4 Å². The largest absolute Gasteiger partial charge is 0.516 e. The number of sulfonamides is 1. The van der Waals surface area contributed by atoms with Gasteiger partial charge in [-0.2, -0.15) is 21.6 Å². The fraction of sp³-hybridized carbons (Fsp3) is 0.182. The summed E-state index contributed by atoms with van der Waals surface area (Å²) in [6, 6.07) is 20.0. The van der Waals surface area contributed by atoms with Gasteiger partial charge in [0.2, 0.25) is 0 Å². The van der Waals surface area contributed by atoms with E-state index >= 15 is 0 Å². The van der Waals surface area contributed by atoms with Gasteiger partial charge >= 0.3 is 15.5 Å². The molecule has 0 aliphatic heterocycles. The summed E-state index contributed by atoms with van der Waals surface area (Å²) < 4.78 is 63.5. The van der Waals surface area contributed by atoms with Gasteiger partial charge in [-0.3, -0.25) is 4.72 Å². The number of rotatable bonds is 5. The lowest BCUT2D eigenvalue weighted by Crippen LogP contribution is -2.30. The van der Waals surface area contributed by atoms with Gasteiger partial charge in [-0.25, -0.2) is 0 Å². The zero-order valence-corrected chi connectivity index (χ0v) is 17.5. The van der Waals surface area contributed by atoms with E-state index < -0.39 is 15.5 Å². The molecule has 0 spiro atoms. The highest BCUT2D eigenvalue weighted by atomic mass is 32.2. The van der Waals surface area contributed by atoms with Gasteiger partial charge in [0.1, 0.15) is 0 Å². The molecular formula is C22H21F3N2O2S. The van der Waals surface area contributed by atoms with Crippen LogP contribution in [0.1, 0.15) is 16.7 Å². The molecule has 0 saturated carbocycles. The van der Waals surface area contributed by atoms with Crippen molar-refractivity contribution >= 4 is 32.8 Å². The summed E-state index contributed by atoms with van der Waals surface area (Å²) in [5.74, 6) is 0. The summed E-state index contributed by atoms with van der Waals surface area (Å²) in [6.45, 7) is 5.45. The van der Waals surface area contributed by atoms with Crippen LogP contribution in [-0.2, 0) is 10.0 Å². The van der Waals surface area contributed by atoms with Crippen LogP contribution in [0.3, 0.4) is 0 Å². The maximum Gasteiger partial charge on any atom is 0.516 e. The van der Waals surface area contributed by atoms with Crippen LogP contribution in [0, 0.1) is 20.8 Å². The van der Waals surface area contributed by atoms with E-state index in [4.69, 9.17) is 0 Å². The number of hydrogen-bond donors (Lipinski definition) is 1. The molecule has 8 heteroatoms. The third-order valence-electron chi connectivity index (χ3n) is 4.61. The molecule has 0 aliphatic carbocycles. The summed E-state index contributed by atoms with van der Waals surface area (Å²) in [6.07, 6.45) is 0. The van der Waals surface area contributed by atoms with Crippen LogP contribution in [0.5, 0.6) is 0 Å². The molecule has 0 bridgehead atoms. The minimum absolute atomic E-state index is 0.131. The molecular weight excluding hydrogens is 413 g/mol. The lowest BCUT2D eigenvalue weighted by Gasteiger charge is -2.26. The second-order valence-corrected chi connectivity index (χ2v) is 8.73. The third-order valence-corrected chi connectivity index (χ3v) is 5.71. The number of hydrogen-bond acceptors (Lipinski definition) is 3.